The van der Waals surface area contributed by atoms with Crippen LogP contribution < -0.4 is 0 Å². The van der Waals surface area contributed by atoms with Gasteiger partial charge in [-0.1, -0.05) is 54.1 Å². The summed E-state index contributed by atoms with van der Waals surface area (Å²) in [4.78, 5) is 26.4. The van der Waals surface area contributed by atoms with Crippen LogP contribution in [0, 0.1) is 0 Å². The number of carbonyl (C=O) groups is 2. The van der Waals surface area contributed by atoms with Gasteiger partial charge >= 0.3 is 0 Å². The monoisotopic (exact) mass is 395 g/mol. The predicted octanol–water partition coefficient (Wildman–Crippen LogP) is 5.84. The van der Waals surface area contributed by atoms with Crippen molar-refractivity contribution in [3.8, 4) is 11.3 Å². The van der Waals surface area contributed by atoms with E-state index >= 15 is 0 Å². The van der Waals surface area contributed by atoms with Gasteiger partial charge in [0, 0.05) is 11.6 Å². The van der Waals surface area contributed by atoms with Crippen LogP contribution in [-0.2, 0) is 11.3 Å². The van der Waals surface area contributed by atoms with Crippen molar-refractivity contribution in [2.24, 2.45) is 0 Å². The SMILES string of the molecule is O=C1S/C(=C\c2ccc(-c3ccccc3Cl)o2)C(=O)N1Cc1ccccc1. The molecule has 4 rings (SSSR count). The lowest BCUT2D eigenvalue weighted by Crippen LogP contribution is -2.27. The molecule has 0 unspecified atom stereocenters. The molecule has 0 spiro atoms. The maximum absolute atomic E-state index is 12.6. The summed E-state index contributed by atoms with van der Waals surface area (Å²) in [6.45, 7) is 0.256. The zero-order valence-corrected chi connectivity index (χ0v) is 15.7. The van der Waals surface area contributed by atoms with Crippen LogP contribution in [0.15, 0.2) is 76.1 Å². The van der Waals surface area contributed by atoms with Crippen LogP contribution in [0.5, 0.6) is 0 Å². The lowest BCUT2D eigenvalue weighted by Gasteiger charge is -2.11. The van der Waals surface area contributed by atoms with Crippen LogP contribution in [0.4, 0.5) is 4.79 Å². The van der Waals surface area contributed by atoms with E-state index in [1.54, 1.807) is 24.3 Å². The second-order valence-electron chi connectivity index (χ2n) is 5.94. The molecule has 0 saturated carbocycles. The third-order valence-corrected chi connectivity index (χ3v) is 5.33. The maximum Gasteiger partial charge on any atom is 0.293 e. The molecular formula is C21H14ClNO3S. The van der Waals surface area contributed by atoms with Crippen LogP contribution >= 0.6 is 23.4 Å². The van der Waals surface area contributed by atoms with Crippen molar-refractivity contribution in [1.82, 2.24) is 4.90 Å². The Morgan fingerprint density at radius 3 is 2.48 bits per heavy atom. The summed E-state index contributed by atoms with van der Waals surface area (Å²) in [6.07, 6.45) is 1.59. The zero-order valence-electron chi connectivity index (χ0n) is 14.1. The molecule has 1 fully saturated rings. The first-order chi connectivity index (χ1) is 13.1. The van der Waals surface area contributed by atoms with Crippen LogP contribution in [0.3, 0.4) is 0 Å². The van der Waals surface area contributed by atoms with E-state index in [1.807, 2.05) is 48.5 Å². The number of hydrogen-bond donors (Lipinski definition) is 0. The molecule has 2 amide bonds. The van der Waals surface area contributed by atoms with Gasteiger partial charge in [-0.25, -0.2) is 0 Å². The van der Waals surface area contributed by atoms with Gasteiger partial charge in [-0.15, -0.1) is 0 Å². The van der Waals surface area contributed by atoms with Gasteiger partial charge in [0.15, 0.2) is 0 Å². The number of nitrogens with zero attached hydrogens (tertiary/aromatic N) is 1. The van der Waals surface area contributed by atoms with Crippen molar-refractivity contribution in [2.45, 2.75) is 6.54 Å². The van der Waals surface area contributed by atoms with Gasteiger partial charge in [-0.2, -0.15) is 0 Å². The Balaban J connectivity index is 1.56. The summed E-state index contributed by atoms with van der Waals surface area (Å²) >= 11 is 7.11. The molecule has 6 heteroatoms. The third-order valence-electron chi connectivity index (χ3n) is 4.10. The van der Waals surface area contributed by atoms with Crippen molar-refractivity contribution in [3.63, 3.8) is 0 Å². The van der Waals surface area contributed by atoms with Gasteiger partial charge in [0.1, 0.15) is 11.5 Å². The Labute approximate surface area is 165 Å². The summed E-state index contributed by atoms with van der Waals surface area (Å²) in [7, 11) is 0. The topological polar surface area (TPSA) is 50.5 Å². The van der Waals surface area contributed by atoms with E-state index in [-0.39, 0.29) is 17.7 Å². The molecule has 2 aromatic carbocycles. The first-order valence-corrected chi connectivity index (χ1v) is 9.45. The van der Waals surface area contributed by atoms with Crippen molar-refractivity contribution < 1.29 is 14.0 Å². The smallest absolute Gasteiger partial charge is 0.293 e. The molecular weight excluding hydrogens is 382 g/mol. The number of imide groups is 1. The molecule has 3 aromatic rings. The van der Waals surface area contributed by atoms with E-state index in [1.165, 1.54) is 4.90 Å². The number of benzene rings is 2. The fraction of sp³-hybridized carbons (Fsp3) is 0.0476. The van der Waals surface area contributed by atoms with Gasteiger partial charge in [0.05, 0.1) is 16.5 Å². The third kappa shape index (κ3) is 3.70. The highest BCUT2D eigenvalue weighted by Gasteiger charge is 2.35. The summed E-state index contributed by atoms with van der Waals surface area (Å²) in [6, 6.07) is 20.3. The Bertz CT molecular complexity index is 1040. The molecule has 134 valence electrons. The standard InChI is InChI=1S/C21H14ClNO3S/c22-17-9-5-4-8-16(17)18-11-10-15(26-18)12-19-20(24)23(21(25)27-19)13-14-6-2-1-3-7-14/h1-12H,13H2/b19-12-. The second-order valence-corrected chi connectivity index (χ2v) is 7.34. The van der Waals surface area contributed by atoms with Gasteiger partial charge in [-0.3, -0.25) is 14.5 Å². The number of thioether (sulfide) groups is 1. The van der Waals surface area contributed by atoms with Crippen LogP contribution in [0.25, 0.3) is 17.4 Å². The van der Waals surface area contributed by atoms with Crippen LogP contribution in [-0.4, -0.2) is 16.0 Å². The zero-order chi connectivity index (χ0) is 18.8. The highest BCUT2D eigenvalue weighted by Crippen LogP contribution is 2.35. The fourth-order valence-electron chi connectivity index (χ4n) is 2.77. The lowest BCUT2D eigenvalue weighted by atomic mass is 10.2. The number of hydrogen-bond acceptors (Lipinski definition) is 4. The van der Waals surface area contributed by atoms with E-state index in [9.17, 15) is 9.59 Å². The van der Waals surface area contributed by atoms with Crippen molar-refractivity contribution in [2.75, 3.05) is 0 Å². The molecule has 1 aromatic heterocycles. The van der Waals surface area contributed by atoms with E-state index < -0.39 is 0 Å². The fourth-order valence-corrected chi connectivity index (χ4v) is 3.81. The van der Waals surface area contributed by atoms with Gasteiger partial charge in [0.25, 0.3) is 11.1 Å². The average Bonchev–Trinajstić information content (AvgIpc) is 3.23. The second kappa shape index (κ2) is 7.47. The maximum atomic E-state index is 12.6. The Kier molecular flexibility index (Phi) is 4.88. The van der Waals surface area contributed by atoms with E-state index in [4.69, 9.17) is 16.0 Å². The molecule has 2 heterocycles. The highest BCUT2D eigenvalue weighted by atomic mass is 35.5. The molecule has 0 atom stereocenters. The molecule has 4 nitrogen and oxygen atoms in total. The predicted molar refractivity (Wildman–Crippen MR) is 107 cm³/mol. The summed E-state index contributed by atoms with van der Waals surface area (Å²) < 4.78 is 5.79. The minimum atomic E-state index is -0.315. The first kappa shape index (κ1) is 17.6. The van der Waals surface area contributed by atoms with Crippen LogP contribution in [0.1, 0.15) is 11.3 Å². The Morgan fingerprint density at radius 1 is 0.963 bits per heavy atom. The molecule has 1 saturated heterocycles. The van der Waals surface area contributed by atoms with E-state index in [0.717, 1.165) is 22.9 Å². The van der Waals surface area contributed by atoms with Gasteiger partial charge in [0.2, 0.25) is 0 Å². The molecule has 0 radical (unpaired) electrons. The lowest BCUT2D eigenvalue weighted by molar-refractivity contribution is -0.123. The number of furan rings is 1. The summed E-state index contributed by atoms with van der Waals surface area (Å²) in [5, 5.41) is 0.301. The minimum absolute atomic E-state index is 0.256. The normalized spacial score (nSPS) is 15.7. The van der Waals surface area contributed by atoms with Gasteiger partial charge in [-0.05, 0) is 41.6 Å². The largest absolute Gasteiger partial charge is 0.457 e. The molecule has 27 heavy (non-hydrogen) atoms. The Hall–Kier alpha value is -2.76. The van der Waals surface area contributed by atoms with E-state index in [2.05, 4.69) is 0 Å². The number of rotatable bonds is 4. The molecule has 1 aliphatic heterocycles. The quantitative estimate of drug-likeness (QED) is 0.521. The Morgan fingerprint density at radius 2 is 1.70 bits per heavy atom. The minimum Gasteiger partial charge on any atom is -0.457 e. The van der Waals surface area contributed by atoms with Crippen molar-refractivity contribution in [1.29, 1.82) is 0 Å². The van der Waals surface area contributed by atoms with E-state index in [0.29, 0.717) is 21.4 Å². The first-order valence-electron chi connectivity index (χ1n) is 8.26. The summed E-state index contributed by atoms with van der Waals surface area (Å²) in [5.74, 6) is 0.787. The summed E-state index contributed by atoms with van der Waals surface area (Å²) in [5.41, 5.74) is 1.68. The average molecular weight is 396 g/mol. The molecule has 1 aliphatic rings. The molecule has 0 bridgehead atoms. The molecule has 0 aliphatic carbocycles. The number of amides is 2. The highest BCUT2D eigenvalue weighted by molar-refractivity contribution is 8.18. The number of carbonyl (C=O) groups excluding carboxylic acids is 2. The van der Waals surface area contributed by atoms with Crippen molar-refractivity contribution in [3.05, 3.63) is 88.0 Å². The van der Waals surface area contributed by atoms with Crippen molar-refractivity contribution >= 4 is 40.6 Å². The van der Waals surface area contributed by atoms with Crippen LogP contribution in [0.2, 0.25) is 5.02 Å². The molecule has 0 N–H and O–H groups in total. The van der Waals surface area contributed by atoms with Gasteiger partial charge < -0.3 is 4.42 Å². The number of halogens is 1.